The van der Waals surface area contributed by atoms with Crippen molar-refractivity contribution in [3.05, 3.63) is 82.9 Å². The van der Waals surface area contributed by atoms with E-state index in [4.69, 9.17) is 15.5 Å². The fraction of sp³-hybridized carbons (Fsp3) is 0.290. The summed E-state index contributed by atoms with van der Waals surface area (Å²) < 4.78 is 19.6. The van der Waals surface area contributed by atoms with Gasteiger partial charge in [0.1, 0.15) is 46.1 Å². The standard InChI is InChI=1S/C31H29FN4O5/c1-16-9-18-10-19(11-23(37)25(18)34-13-16)28(38)35-14-31(40,20-5-6-20)24-12-22-27(41-15-30(22,2)29(33)39)26(36-24)17-3-7-21(32)8-4-17/h3-4,7-13,20,37,40H,5-6,14-15H2,1-2H3,(H2,33,39)(H,35,38)/t30-,31+/m0/s1. The zero-order valence-electron chi connectivity index (χ0n) is 22.6. The quantitative estimate of drug-likeness (QED) is 0.272. The average molecular weight is 557 g/mol. The highest BCUT2D eigenvalue weighted by molar-refractivity contribution is 6.00. The van der Waals surface area contributed by atoms with E-state index in [2.05, 4.69) is 10.3 Å². The van der Waals surface area contributed by atoms with Crippen LogP contribution in [0.2, 0.25) is 0 Å². The summed E-state index contributed by atoms with van der Waals surface area (Å²) in [6.45, 7) is 3.35. The Balaban J connectivity index is 1.39. The topological polar surface area (TPSA) is 148 Å². The summed E-state index contributed by atoms with van der Waals surface area (Å²) in [5.41, 5.74) is 6.09. The first kappa shape index (κ1) is 26.6. The predicted octanol–water partition coefficient (Wildman–Crippen LogP) is 3.61. The molecule has 2 atom stereocenters. The summed E-state index contributed by atoms with van der Waals surface area (Å²) in [5.74, 6) is -1.49. The molecule has 0 bridgehead atoms. The van der Waals surface area contributed by atoms with Gasteiger partial charge in [0.15, 0.2) is 0 Å². The molecule has 0 unspecified atom stereocenters. The minimum Gasteiger partial charge on any atom is -0.506 e. The number of hydrogen-bond donors (Lipinski definition) is 4. The van der Waals surface area contributed by atoms with E-state index in [1.165, 1.54) is 18.2 Å². The Labute approximate surface area is 235 Å². The molecule has 1 aliphatic carbocycles. The number of primary amides is 1. The van der Waals surface area contributed by atoms with Crippen molar-refractivity contribution in [1.29, 1.82) is 0 Å². The monoisotopic (exact) mass is 556 g/mol. The highest BCUT2D eigenvalue weighted by atomic mass is 19.1. The number of hydrogen-bond acceptors (Lipinski definition) is 7. The van der Waals surface area contributed by atoms with E-state index >= 15 is 0 Å². The fourth-order valence-electron chi connectivity index (χ4n) is 5.41. The molecule has 9 nitrogen and oxygen atoms in total. The number of benzene rings is 2. The molecular weight excluding hydrogens is 527 g/mol. The van der Waals surface area contributed by atoms with Crippen LogP contribution in [-0.2, 0) is 15.8 Å². The highest BCUT2D eigenvalue weighted by Gasteiger charge is 2.50. The molecular formula is C31H29FN4O5. The summed E-state index contributed by atoms with van der Waals surface area (Å²) in [7, 11) is 0. The second-order valence-corrected chi connectivity index (χ2v) is 11.2. The van der Waals surface area contributed by atoms with Gasteiger partial charge in [-0.25, -0.2) is 9.37 Å². The normalized spacial score (nSPS) is 19.3. The molecule has 0 saturated heterocycles. The van der Waals surface area contributed by atoms with Crippen LogP contribution in [0.3, 0.4) is 0 Å². The molecule has 1 fully saturated rings. The molecule has 0 spiro atoms. The molecule has 2 aromatic heterocycles. The second kappa shape index (κ2) is 9.52. The van der Waals surface area contributed by atoms with Gasteiger partial charge in [0.05, 0.1) is 12.2 Å². The maximum absolute atomic E-state index is 13.7. The summed E-state index contributed by atoms with van der Waals surface area (Å²) in [6.07, 6.45) is 3.06. The second-order valence-electron chi connectivity index (χ2n) is 11.2. The number of amides is 2. The van der Waals surface area contributed by atoms with Crippen molar-refractivity contribution in [2.45, 2.75) is 37.7 Å². The number of halogens is 1. The minimum absolute atomic E-state index is 0.00459. The van der Waals surface area contributed by atoms with Gasteiger partial charge >= 0.3 is 0 Å². The van der Waals surface area contributed by atoms with Gasteiger partial charge in [-0.05, 0) is 86.7 Å². The zero-order chi connectivity index (χ0) is 29.1. The number of phenolic OH excluding ortho intramolecular Hbond substituents is 1. The van der Waals surface area contributed by atoms with Crippen LogP contribution in [0.1, 0.15) is 46.9 Å². The number of nitrogens with one attached hydrogen (secondary N) is 1. The molecule has 2 aliphatic rings. The minimum atomic E-state index is -1.59. The van der Waals surface area contributed by atoms with Gasteiger partial charge in [0.2, 0.25) is 5.91 Å². The van der Waals surface area contributed by atoms with Gasteiger partial charge in [0.25, 0.3) is 5.91 Å². The molecule has 41 heavy (non-hydrogen) atoms. The largest absolute Gasteiger partial charge is 0.506 e. The summed E-state index contributed by atoms with van der Waals surface area (Å²) in [6, 6.07) is 12.1. The van der Waals surface area contributed by atoms with E-state index in [1.54, 1.807) is 37.4 Å². The first-order chi connectivity index (χ1) is 19.5. The number of carbonyl (C=O) groups excluding carboxylic acids is 2. The number of aromatic hydroxyl groups is 1. The molecule has 0 radical (unpaired) electrons. The smallest absolute Gasteiger partial charge is 0.251 e. The van der Waals surface area contributed by atoms with Gasteiger partial charge in [0, 0.05) is 28.3 Å². The number of phenols is 1. The maximum Gasteiger partial charge on any atom is 0.251 e. The Bertz CT molecular complexity index is 1720. The number of fused-ring (bicyclic) bond motifs is 2. The van der Waals surface area contributed by atoms with Crippen molar-refractivity contribution in [3.8, 4) is 22.8 Å². The third kappa shape index (κ3) is 4.54. The van der Waals surface area contributed by atoms with Crippen molar-refractivity contribution >= 4 is 22.7 Å². The van der Waals surface area contributed by atoms with E-state index in [1.807, 2.05) is 13.0 Å². The van der Waals surface area contributed by atoms with Gasteiger partial charge in [-0.3, -0.25) is 14.6 Å². The van der Waals surface area contributed by atoms with Gasteiger partial charge in [-0.2, -0.15) is 0 Å². The molecule has 1 aliphatic heterocycles. The van der Waals surface area contributed by atoms with Crippen LogP contribution in [0.4, 0.5) is 4.39 Å². The Hall–Kier alpha value is -4.57. The Kier molecular flexibility index (Phi) is 6.18. The van der Waals surface area contributed by atoms with E-state index in [0.717, 1.165) is 5.56 Å². The van der Waals surface area contributed by atoms with E-state index in [0.29, 0.717) is 46.3 Å². The lowest BCUT2D eigenvalue weighted by Gasteiger charge is -2.30. The number of rotatable bonds is 7. The third-order valence-electron chi connectivity index (χ3n) is 8.11. The van der Waals surface area contributed by atoms with Crippen LogP contribution in [0, 0.1) is 18.7 Å². The van der Waals surface area contributed by atoms with E-state index < -0.39 is 28.6 Å². The molecule has 210 valence electrons. The van der Waals surface area contributed by atoms with E-state index in [-0.39, 0.29) is 36.1 Å². The van der Waals surface area contributed by atoms with Crippen LogP contribution in [-0.4, -0.2) is 45.1 Å². The fourth-order valence-corrected chi connectivity index (χ4v) is 5.41. The number of aliphatic hydroxyl groups is 1. The van der Waals surface area contributed by atoms with Crippen LogP contribution in [0.25, 0.3) is 22.2 Å². The van der Waals surface area contributed by atoms with Crippen molar-refractivity contribution in [3.63, 3.8) is 0 Å². The first-order valence-corrected chi connectivity index (χ1v) is 13.3. The lowest BCUT2D eigenvalue weighted by Crippen LogP contribution is -2.44. The highest BCUT2D eigenvalue weighted by Crippen LogP contribution is 2.50. The van der Waals surface area contributed by atoms with Crippen molar-refractivity contribution < 1.29 is 28.9 Å². The number of nitrogens with zero attached hydrogens (tertiary/aromatic N) is 2. The third-order valence-corrected chi connectivity index (χ3v) is 8.11. The van der Waals surface area contributed by atoms with Crippen LogP contribution >= 0.6 is 0 Å². The number of aryl methyl sites for hydroxylation is 1. The molecule has 10 heteroatoms. The molecule has 2 aromatic carbocycles. The summed E-state index contributed by atoms with van der Waals surface area (Å²) >= 11 is 0. The molecule has 2 amide bonds. The lowest BCUT2D eigenvalue weighted by molar-refractivity contribution is -0.123. The molecule has 3 heterocycles. The molecule has 6 rings (SSSR count). The van der Waals surface area contributed by atoms with Crippen molar-refractivity contribution in [2.24, 2.45) is 11.7 Å². The molecule has 1 saturated carbocycles. The Morgan fingerprint density at radius 3 is 2.61 bits per heavy atom. The molecule has 5 N–H and O–H groups in total. The lowest BCUT2D eigenvalue weighted by atomic mass is 9.81. The number of nitrogens with two attached hydrogens (primary N) is 1. The van der Waals surface area contributed by atoms with Gasteiger partial charge in [-0.1, -0.05) is 0 Å². The summed E-state index contributed by atoms with van der Waals surface area (Å²) in [4.78, 5) is 34.8. The van der Waals surface area contributed by atoms with E-state index in [9.17, 15) is 24.2 Å². The Morgan fingerprint density at radius 1 is 1.20 bits per heavy atom. The van der Waals surface area contributed by atoms with Crippen LogP contribution in [0.5, 0.6) is 11.5 Å². The first-order valence-electron chi connectivity index (χ1n) is 13.3. The molecule has 4 aromatic rings. The van der Waals surface area contributed by atoms with Crippen molar-refractivity contribution in [1.82, 2.24) is 15.3 Å². The predicted molar refractivity (Wildman–Crippen MR) is 149 cm³/mol. The Morgan fingerprint density at radius 2 is 1.93 bits per heavy atom. The van der Waals surface area contributed by atoms with Gasteiger partial charge < -0.3 is 26.0 Å². The summed E-state index contributed by atoms with van der Waals surface area (Å²) in [5, 5.41) is 26.0. The number of carbonyl (C=O) groups is 2. The van der Waals surface area contributed by atoms with Crippen LogP contribution < -0.4 is 15.8 Å². The number of aromatic nitrogens is 2. The van der Waals surface area contributed by atoms with Crippen LogP contribution in [0.15, 0.2) is 54.7 Å². The number of pyridine rings is 2. The number of ether oxygens (including phenoxy) is 1. The van der Waals surface area contributed by atoms with Crippen molar-refractivity contribution in [2.75, 3.05) is 13.2 Å². The SMILES string of the molecule is Cc1cnc2c(O)cc(C(=O)NC[C@](O)(c3cc4c(c(-c5ccc(F)cc5)n3)OC[C@]4(C)C(N)=O)C3CC3)cc2c1. The van der Waals surface area contributed by atoms with Gasteiger partial charge in [-0.15, -0.1) is 0 Å². The maximum atomic E-state index is 13.7. The average Bonchev–Trinajstić information content (AvgIpc) is 3.75. The zero-order valence-corrected chi connectivity index (χ0v) is 22.6.